The number of nitro groups is 1. The smallest absolute Gasteiger partial charge is 0.269 e. The average Bonchev–Trinajstić information content (AvgIpc) is 3.05. The zero-order valence-corrected chi connectivity index (χ0v) is 17.4. The minimum absolute atomic E-state index is 0.0647. The Morgan fingerprint density at radius 2 is 2.00 bits per heavy atom. The molecule has 0 saturated carbocycles. The molecule has 1 saturated heterocycles. The Balaban J connectivity index is 2.02. The van der Waals surface area contributed by atoms with Crippen molar-refractivity contribution < 1.29 is 9.72 Å². The van der Waals surface area contributed by atoms with Crippen molar-refractivity contribution in [1.82, 2.24) is 9.47 Å². The highest BCUT2D eigenvalue weighted by molar-refractivity contribution is 8.26. The summed E-state index contributed by atoms with van der Waals surface area (Å²) in [6.07, 6.45) is 3.50. The number of carbonyl (C=O) groups is 1. The van der Waals surface area contributed by atoms with Gasteiger partial charge in [-0.25, -0.2) is 0 Å². The fraction of sp³-hybridized carbons (Fsp3) is 0.200. The predicted molar refractivity (Wildman–Crippen MR) is 117 cm³/mol. The Hall–Kier alpha value is -2.71. The second-order valence-electron chi connectivity index (χ2n) is 6.47. The Morgan fingerprint density at radius 1 is 1.29 bits per heavy atom. The molecule has 3 rings (SSSR count). The van der Waals surface area contributed by atoms with Gasteiger partial charge in [0.15, 0.2) is 0 Å². The van der Waals surface area contributed by atoms with Crippen LogP contribution < -0.4 is 0 Å². The third-order valence-electron chi connectivity index (χ3n) is 4.57. The topological polar surface area (TPSA) is 68.4 Å². The van der Waals surface area contributed by atoms with Gasteiger partial charge in [-0.15, -0.1) is 6.58 Å². The molecule has 0 radical (unpaired) electrons. The normalized spacial score (nSPS) is 15.5. The van der Waals surface area contributed by atoms with Crippen molar-refractivity contribution in [2.45, 2.75) is 20.8 Å². The molecular weight excluding hydrogens is 394 g/mol. The first-order chi connectivity index (χ1) is 13.2. The van der Waals surface area contributed by atoms with Crippen LogP contribution in [0.4, 0.5) is 5.69 Å². The second-order valence-corrected chi connectivity index (χ2v) is 8.15. The third kappa shape index (κ3) is 3.53. The minimum atomic E-state index is -0.400. The van der Waals surface area contributed by atoms with Gasteiger partial charge < -0.3 is 4.57 Å². The quantitative estimate of drug-likeness (QED) is 0.234. The van der Waals surface area contributed by atoms with Crippen LogP contribution in [-0.4, -0.2) is 31.2 Å². The summed E-state index contributed by atoms with van der Waals surface area (Å²) in [7, 11) is 0. The van der Waals surface area contributed by atoms with Crippen molar-refractivity contribution in [3.8, 4) is 5.69 Å². The highest BCUT2D eigenvalue weighted by atomic mass is 32.2. The van der Waals surface area contributed by atoms with Gasteiger partial charge in [0.05, 0.1) is 9.83 Å². The molecule has 8 heteroatoms. The standard InChI is InChI=1S/C20H19N3O3S2/c1-5-8-21-19(24)18(28-20(21)27)11-15-10-13(3)22(14(15)4)17-7-6-16(23(25)26)9-12(17)2/h5-7,9-11H,1,8H2,2-4H3. The number of hydrogen-bond acceptors (Lipinski definition) is 5. The molecule has 1 aliphatic rings. The van der Waals surface area contributed by atoms with Gasteiger partial charge in [0, 0.05) is 35.8 Å². The summed E-state index contributed by atoms with van der Waals surface area (Å²) in [4.78, 5) is 25.3. The van der Waals surface area contributed by atoms with Crippen LogP contribution >= 0.6 is 24.0 Å². The van der Waals surface area contributed by atoms with Crippen LogP contribution in [0.5, 0.6) is 0 Å². The highest BCUT2D eigenvalue weighted by Crippen LogP contribution is 2.34. The molecule has 0 N–H and O–H groups in total. The number of hydrogen-bond donors (Lipinski definition) is 0. The maximum Gasteiger partial charge on any atom is 0.269 e. The fourth-order valence-electron chi connectivity index (χ4n) is 3.24. The van der Waals surface area contributed by atoms with E-state index in [2.05, 4.69) is 6.58 Å². The lowest BCUT2D eigenvalue weighted by Crippen LogP contribution is -2.27. The molecule has 0 atom stereocenters. The van der Waals surface area contributed by atoms with Crippen molar-refractivity contribution in [3.63, 3.8) is 0 Å². The van der Waals surface area contributed by atoms with Crippen molar-refractivity contribution in [2.75, 3.05) is 6.54 Å². The number of amides is 1. The summed E-state index contributed by atoms with van der Waals surface area (Å²) < 4.78 is 2.56. The Kier molecular flexibility index (Phi) is 5.53. The van der Waals surface area contributed by atoms with Gasteiger partial charge in [0.1, 0.15) is 4.32 Å². The van der Waals surface area contributed by atoms with E-state index in [1.807, 2.05) is 37.5 Å². The van der Waals surface area contributed by atoms with Crippen LogP contribution in [0.2, 0.25) is 0 Å². The Labute approximate surface area is 172 Å². The van der Waals surface area contributed by atoms with Gasteiger partial charge in [-0.2, -0.15) is 0 Å². The molecule has 6 nitrogen and oxygen atoms in total. The summed E-state index contributed by atoms with van der Waals surface area (Å²) >= 11 is 6.57. The van der Waals surface area contributed by atoms with E-state index in [0.717, 1.165) is 28.2 Å². The summed E-state index contributed by atoms with van der Waals surface area (Å²) in [6, 6.07) is 6.81. The molecule has 1 aromatic carbocycles. The lowest BCUT2D eigenvalue weighted by molar-refractivity contribution is -0.384. The van der Waals surface area contributed by atoms with E-state index in [9.17, 15) is 14.9 Å². The van der Waals surface area contributed by atoms with Crippen molar-refractivity contribution in [3.05, 3.63) is 74.5 Å². The number of nitrogens with zero attached hydrogens (tertiary/aromatic N) is 3. The van der Waals surface area contributed by atoms with Gasteiger partial charge in [-0.3, -0.25) is 19.8 Å². The van der Waals surface area contributed by atoms with Crippen LogP contribution in [0, 0.1) is 30.9 Å². The van der Waals surface area contributed by atoms with Crippen LogP contribution in [0.25, 0.3) is 11.8 Å². The molecule has 1 amide bonds. The minimum Gasteiger partial charge on any atom is -0.318 e. The molecule has 28 heavy (non-hydrogen) atoms. The summed E-state index contributed by atoms with van der Waals surface area (Å²) in [6.45, 7) is 9.83. The van der Waals surface area contributed by atoms with Gasteiger partial charge in [-0.1, -0.05) is 30.1 Å². The zero-order valence-electron chi connectivity index (χ0n) is 15.8. The Morgan fingerprint density at radius 3 is 2.61 bits per heavy atom. The summed E-state index contributed by atoms with van der Waals surface area (Å²) in [5, 5.41) is 11.0. The third-order valence-corrected chi connectivity index (χ3v) is 5.95. The van der Waals surface area contributed by atoms with Gasteiger partial charge >= 0.3 is 0 Å². The zero-order chi connectivity index (χ0) is 20.6. The van der Waals surface area contributed by atoms with Crippen LogP contribution in [0.3, 0.4) is 0 Å². The fourth-order valence-corrected chi connectivity index (χ4v) is 4.50. The first kappa shape index (κ1) is 20.0. The van der Waals surface area contributed by atoms with E-state index in [0.29, 0.717) is 15.8 Å². The maximum absolute atomic E-state index is 12.6. The first-order valence-corrected chi connectivity index (χ1v) is 9.77. The molecule has 1 fully saturated rings. The Bertz CT molecular complexity index is 1050. The summed E-state index contributed by atoms with van der Waals surface area (Å²) in [5.74, 6) is -0.119. The van der Waals surface area contributed by atoms with Crippen LogP contribution in [0.15, 0.2) is 41.8 Å². The lowest BCUT2D eigenvalue weighted by Gasteiger charge is -2.12. The number of non-ortho nitro benzene ring substituents is 1. The number of rotatable bonds is 5. The SMILES string of the molecule is C=CCN1C(=O)C(=Cc2cc(C)n(-c3ccc([N+](=O)[O-])cc3C)c2C)SC1=S. The molecule has 0 bridgehead atoms. The molecule has 2 heterocycles. The number of thioether (sulfide) groups is 1. The molecule has 0 spiro atoms. The summed E-state index contributed by atoms with van der Waals surface area (Å²) in [5.41, 5.74) is 4.58. The predicted octanol–water partition coefficient (Wildman–Crippen LogP) is 4.70. The number of nitro benzene ring substituents is 1. The van der Waals surface area contributed by atoms with Gasteiger partial charge in [0.25, 0.3) is 11.6 Å². The molecular formula is C20H19N3O3S2. The van der Waals surface area contributed by atoms with Crippen LogP contribution in [0.1, 0.15) is 22.5 Å². The van der Waals surface area contributed by atoms with Crippen LogP contribution in [-0.2, 0) is 4.79 Å². The van der Waals surface area contributed by atoms with Gasteiger partial charge in [0.2, 0.25) is 0 Å². The molecule has 1 aromatic heterocycles. The second kappa shape index (κ2) is 7.73. The molecule has 2 aromatic rings. The van der Waals surface area contributed by atoms with E-state index < -0.39 is 4.92 Å². The number of benzene rings is 1. The molecule has 144 valence electrons. The van der Waals surface area contributed by atoms with E-state index >= 15 is 0 Å². The van der Waals surface area contributed by atoms with Crippen molar-refractivity contribution in [2.24, 2.45) is 0 Å². The first-order valence-electron chi connectivity index (χ1n) is 8.55. The number of thiocarbonyl (C=S) groups is 1. The van der Waals surface area contributed by atoms with E-state index in [-0.39, 0.29) is 11.6 Å². The van der Waals surface area contributed by atoms with Crippen molar-refractivity contribution >= 4 is 46.0 Å². The average molecular weight is 414 g/mol. The molecule has 1 aliphatic heterocycles. The lowest BCUT2D eigenvalue weighted by atomic mass is 10.1. The van der Waals surface area contributed by atoms with E-state index in [1.54, 1.807) is 18.2 Å². The maximum atomic E-state index is 12.6. The van der Waals surface area contributed by atoms with Crippen molar-refractivity contribution in [1.29, 1.82) is 0 Å². The van der Waals surface area contributed by atoms with E-state index in [1.165, 1.54) is 22.7 Å². The number of aromatic nitrogens is 1. The molecule has 0 unspecified atom stereocenters. The molecule has 0 aliphatic carbocycles. The number of aryl methyl sites for hydroxylation is 2. The van der Waals surface area contributed by atoms with Gasteiger partial charge in [-0.05, 0) is 50.1 Å². The largest absolute Gasteiger partial charge is 0.318 e. The number of carbonyl (C=O) groups excluding carboxylic acids is 1. The monoisotopic (exact) mass is 413 g/mol. The van der Waals surface area contributed by atoms with E-state index in [4.69, 9.17) is 12.2 Å². The highest BCUT2D eigenvalue weighted by Gasteiger charge is 2.31.